The molecule has 1 aliphatic heterocycles. The van der Waals surface area contributed by atoms with E-state index in [0.717, 1.165) is 29.9 Å². The molecule has 1 fully saturated rings. The number of nitrogens with one attached hydrogen (secondary N) is 1. The summed E-state index contributed by atoms with van der Waals surface area (Å²) >= 11 is 0. The quantitative estimate of drug-likeness (QED) is 0.568. The Hall–Kier alpha value is -3.88. The Balaban J connectivity index is 1.33. The number of methoxy groups -OCH3 is 1. The van der Waals surface area contributed by atoms with Crippen LogP contribution in [-0.4, -0.2) is 58.5 Å². The number of aromatic hydroxyl groups is 1. The van der Waals surface area contributed by atoms with Crippen LogP contribution in [0.25, 0.3) is 0 Å². The molecule has 1 aromatic carbocycles. The van der Waals surface area contributed by atoms with Crippen molar-refractivity contribution >= 4 is 11.8 Å². The van der Waals surface area contributed by atoms with E-state index in [2.05, 4.69) is 15.3 Å². The normalized spacial score (nSPS) is 15.8. The molecule has 0 bridgehead atoms. The van der Waals surface area contributed by atoms with Gasteiger partial charge in [0.1, 0.15) is 17.3 Å². The number of oxazole rings is 1. The molecule has 2 N–H and O–H groups in total. The topological polar surface area (TPSA) is 118 Å². The molecule has 0 spiro atoms. The van der Waals surface area contributed by atoms with Crippen molar-refractivity contribution in [3.8, 4) is 11.5 Å². The predicted octanol–water partition coefficient (Wildman–Crippen LogP) is 2.51. The molecule has 1 aliphatic rings. The van der Waals surface area contributed by atoms with Crippen molar-refractivity contribution in [1.82, 2.24) is 20.2 Å². The fourth-order valence-electron chi connectivity index (χ4n) is 3.96. The molecule has 0 aliphatic carbocycles. The largest absolute Gasteiger partial charge is 0.506 e. The SMILES string of the molecule is COc1ccccc1Cc1cnc([C@H]2CCCN(C(=O)CNC(=O)c3cncc(O)c3)C2)o1. The first-order chi connectivity index (χ1) is 16.0. The number of amides is 2. The van der Waals surface area contributed by atoms with Gasteiger partial charge < -0.3 is 24.5 Å². The predicted molar refractivity (Wildman–Crippen MR) is 119 cm³/mol. The van der Waals surface area contributed by atoms with Crippen LogP contribution in [0.15, 0.2) is 53.3 Å². The molecule has 9 nitrogen and oxygen atoms in total. The minimum Gasteiger partial charge on any atom is -0.506 e. The van der Waals surface area contributed by atoms with Gasteiger partial charge in [-0.15, -0.1) is 0 Å². The van der Waals surface area contributed by atoms with E-state index in [1.165, 1.54) is 18.5 Å². The van der Waals surface area contributed by atoms with Crippen molar-refractivity contribution in [2.75, 3.05) is 26.7 Å². The minimum atomic E-state index is -0.464. The highest BCUT2D eigenvalue weighted by Gasteiger charge is 2.28. The molecule has 3 heterocycles. The second-order valence-corrected chi connectivity index (χ2v) is 7.95. The minimum absolute atomic E-state index is 0.0000842. The van der Waals surface area contributed by atoms with Crippen molar-refractivity contribution in [3.05, 3.63) is 71.7 Å². The third-order valence-corrected chi connectivity index (χ3v) is 5.64. The third-order valence-electron chi connectivity index (χ3n) is 5.64. The van der Waals surface area contributed by atoms with E-state index in [1.54, 1.807) is 18.2 Å². The number of ether oxygens (including phenoxy) is 1. The van der Waals surface area contributed by atoms with Gasteiger partial charge in [0, 0.05) is 31.3 Å². The molecule has 172 valence electrons. The first-order valence-electron chi connectivity index (χ1n) is 10.8. The molecule has 9 heteroatoms. The van der Waals surface area contributed by atoms with Crippen molar-refractivity contribution in [2.45, 2.75) is 25.2 Å². The van der Waals surface area contributed by atoms with E-state index >= 15 is 0 Å². The maximum atomic E-state index is 12.7. The van der Waals surface area contributed by atoms with Gasteiger partial charge in [0.05, 0.1) is 37.5 Å². The van der Waals surface area contributed by atoms with Gasteiger partial charge in [-0.1, -0.05) is 18.2 Å². The van der Waals surface area contributed by atoms with Crippen LogP contribution in [0.4, 0.5) is 0 Å². The standard InChI is InChI=1S/C24H26N4O5/c1-32-21-7-3-2-5-16(21)10-20-13-27-24(33-20)17-6-4-8-28(15-17)22(30)14-26-23(31)18-9-19(29)12-25-11-18/h2-3,5,7,9,11-13,17,29H,4,6,8,10,14-15H2,1H3,(H,26,31)/t17-/m0/s1. The van der Waals surface area contributed by atoms with Gasteiger partial charge in [0.2, 0.25) is 5.91 Å². The van der Waals surface area contributed by atoms with Gasteiger partial charge in [-0.2, -0.15) is 0 Å². The highest BCUT2D eigenvalue weighted by molar-refractivity contribution is 5.96. The zero-order valence-corrected chi connectivity index (χ0v) is 18.4. The van der Waals surface area contributed by atoms with Crippen LogP contribution in [-0.2, 0) is 11.2 Å². The molecule has 4 rings (SSSR count). The lowest BCUT2D eigenvalue weighted by atomic mass is 9.98. The van der Waals surface area contributed by atoms with Crippen LogP contribution in [0, 0.1) is 0 Å². The summed E-state index contributed by atoms with van der Waals surface area (Å²) < 4.78 is 11.4. The molecule has 33 heavy (non-hydrogen) atoms. The molecule has 1 atom stereocenters. The van der Waals surface area contributed by atoms with E-state index in [0.29, 0.717) is 25.4 Å². The summed E-state index contributed by atoms with van der Waals surface area (Å²) in [5, 5.41) is 12.0. The summed E-state index contributed by atoms with van der Waals surface area (Å²) in [4.78, 5) is 34.8. The molecule has 2 aromatic heterocycles. The molecule has 0 saturated carbocycles. The van der Waals surface area contributed by atoms with Crippen LogP contribution < -0.4 is 10.1 Å². The van der Waals surface area contributed by atoms with Gasteiger partial charge >= 0.3 is 0 Å². The fraction of sp³-hybridized carbons (Fsp3) is 0.333. The number of likely N-dealkylation sites (tertiary alicyclic amines) is 1. The van der Waals surface area contributed by atoms with Crippen molar-refractivity contribution in [2.24, 2.45) is 0 Å². The number of benzene rings is 1. The number of aromatic nitrogens is 2. The van der Waals surface area contributed by atoms with Crippen LogP contribution >= 0.6 is 0 Å². The average molecular weight is 450 g/mol. The van der Waals surface area contributed by atoms with Crippen LogP contribution in [0.3, 0.4) is 0 Å². The second kappa shape index (κ2) is 10.2. The van der Waals surface area contributed by atoms with E-state index in [1.807, 2.05) is 24.3 Å². The maximum absolute atomic E-state index is 12.7. The highest BCUT2D eigenvalue weighted by Crippen LogP contribution is 2.28. The van der Waals surface area contributed by atoms with E-state index < -0.39 is 5.91 Å². The molecule has 3 aromatic rings. The van der Waals surface area contributed by atoms with Gasteiger partial charge in [0.25, 0.3) is 5.91 Å². The summed E-state index contributed by atoms with van der Waals surface area (Å²) in [5.74, 6) is 1.41. The zero-order valence-electron chi connectivity index (χ0n) is 18.4. The van der Waals surface area contributed by atoms with E-state index in [4.69, 9.17) is 9.15 Å². The van der Waals surface area contributed by atoms with Crippen LogP contribution in [0.1, 0.15) is 46.3 Å². The maximum Gasteiger partial charge on any atom is 0.253 e. The Labute approximate surface area is 191 Å². The number of pyridine rings is 1. The number of rotatable bonds is 7. The summed E-state index contributed by atoms with van der Waals surface area (Å²) in [7, 11) is 1.64. The average Bonchev–Trinajstić information content (AvgIpc) is 3.31. The summed E-state index contributed by atoms with van der Waals surface area (Å²) in [6.45, 7) is 0.969. The monoisotopic (exact) mass is 450 g/mol. The smallest absolute Gasteiger partial charge is 0.253 e. The Bertz CT molecular complexity index is 1130. The lowest BCUT2D eigenvalue weighted by molar-refractivity contribution is -0.131. The van der Waals surface area contributed by atoms with Crippen molar-refractivity contribution in [3.63, 3.8) is 0 Å². The Morgan fingerprint density at radius 1 is 1.27 bits per heavy atom. The zero-order chi connectivity index (χ0) is 23.2. The lowest BCUT2D eigenvalue weighted by Gasteiger charge is -2.31. The van der Waals surface area contributed by atoms with Gasteiger partial charge in [-0.05, 0) is 25.0 Å². The summed E-state index contributed by atoms with van der Waals surface area (Å²) in [6.07, 6.45) is 6.57. The number of hydrogen-bond donors (Lipinski definition) is 2. The molecule has 2 amide bonds. The summed E-state index contributed by atoms with van der Waals surface area (Å²) in [6, 6.07) is 9.07. The number of carbonyl (C=O) groups is 2. The summed E-state index contributed by atoms with van der Waals surface area (Å²) in [5.41, 5.74) is 1.21. The number of hydrogen-bond acceptors (Lipinski definition) is 7. The molecule has 1 saturated heterocycles. The van der Waals surface area contributed by atoms with Crippen molar-refractivity contribution < 1.29 is 23.8 Å². The third kappa shape index (κ3) is 5.49. The Morgan fingerprint density at radius 3 is 2.94 bits per heavy atom. The molecular formula is C24H26N4O5. The number of carbonyl (C=O) groups excluding carboxylic acids is 2. The molecule has 0 radical (unpaired) electrons. The van der Waals surface area contributed by atoms with Crippen LogP contribution in [0.2, 0.25) is 0 Å². The number of para-hydroxylation sites is 1. The second-order valence-electron chi connectivity index (χ2n) is 7.95. The molecular weight excluding hydrogens is 424 g/mol. The Kier molecular flexibility index (Phi) is 6.87. The van der Waals surface area contributed by atoms with Gasteiger partial charge in [-0.3, -0.25) is 14.6 Å². The fourth-order valence-corrected chi connectivity index (χ4v) is 3.96. The Morgan fingerprint density at radius 2 is 2.12 bits per heavy atom. The van der Waals surface area contributed by atoms with E-state index in [9.17, 15) is 14.7 Å². The van der Waals surface area contributed by atoms with E-state index in [-0.39, 0.29) is 29.7 Å². The van der Waals surface area contributed by atoms with Gasteiger partial charge in [0.15, 0.2) is 5.89 Å². The van der Waals surface area contributed by atoms with Crippen molar-refractivity contribution in [1.29, 1.82) is 0 Å². The molecule has 0 unspecified atom stereocenters. The lowest BCUT2D eigenvalue weighted by Crippen LogP contribution is -2.44. The van der Waals surface area contributed by atoms with Gasteiger partial charge in [-0.25, -0.2) is 4.98 Å². The first kappa shape index (κ1) is 22.3. The number of nitrogens with zero attached hydrogens (tertiary/aromatic N) is 3. The first-order valence-corrected chi connectivity index (χ1v) is 10.8. The number of piperidine rings is 1. The highest BCUT2D eigenvalue weighted by atomic mass is 16.5. The van der Waals surface area contributed by atoms with Crippen LogP contribution in [0.5, 0.6) is 11.5 Å².